The molecule has 19 heavy (non-hydrogen) atoms. The molecule has 0 unspecified atom stereocenters. The fraction of sp³-hybridized carbons (Fsp3) is 0.286. The molecule has 3 N–H and O–H groups in total. The van der Waals surface area contributed by atoms with E-state index >= 15 is 0 Å². The topological polar surface area (TPSA) is 55.5 Å². The maximum absolute atomic E-state index is 13.4. The first-order valence-electron chi connectivity index (χ1n) is 5.80. The highest BCUT2D eigenvalue weighted by molar-refractivity contribution is 5.84. The van der Waals surface area contributed by atoms with Gasteiger partial charge in [0.05, 0.1) is 13.2 Å². The number of hydrogen-bond acceptors (Lipinski definition) is 3. The van der Waals surface area contributed by atoms with Crippen LogP contribution in [-0.2, 0) is 0 Å². The molecule has 2 aromatic carbocycles. The molecule has 2 aromatic rings. The van der Waals surface area contributed by atoms with Gasteiger partial charge in [-0.15, -0.1) is 0 Å². The van der Waals surface area contributed by atoms with Crippen LogP contribution >= 0.6 is 0 Å². The third kappa shape index (κ3) is 2.67. The number of benzene rings is 2. The van der Waals surface area contributed by atoms with Crippen molar-refractivity contribution in [2.45, 2.75) is 12.0 Å². The third-order valence-electron chi connectivity index (χ3n) is 3.10. The van der Waals surface area contributed by atoms with Crippen molar-refractivity contribution in [3.05, 3.63) is 42.0 Å². The average molecular weight is 267 g/mol. The Labute approximate surface area is 109 Å². The molecule has 0 aliphatic heterocycles. The number of nitrogens with two attached hydrogens (primary N) is 1. The predicted octanol–water partition coefficient (Wildman–Crippen LogP) is 2.48. The number of aliphatic hydroxyl groups excluding tert-OH is 1. The summed E-state index contributed by atoms with van der Waals surface area (Å²) in [4.78, 5) is 0. The maximum Gasteiger partial charge on any atom is 0.289 e. The molecule has 0 amide bonds. The molecule has 2 rings (SSSR count). The van der Waals surface area contributed by atoms with Crippen LogP contribution in [0.15, 0.2) is 36.4 Å². The van der Waals surface area contributed by atoms with Gasteiger partial charge in [-0.2, -0.15) is 0 Å². The number of rotatable bonds is 4. The first-order chi connectivity index (χ1) is 8.97. The lowest BCUT2D eigenvalue weighted by molar-refractivity contribution is -0.0711. The second-order valence-electron chi connectivity index (χ2n) is 4.37. The van der Waals surface area contributed by atoms with E-state index < -0.39 is 18.6 Å². The molecular weight excluding hydrogens is 252 g/mol. The van der Waals surface area contributed by atoms with E-state index in [9.17, 15) is 8.78 Å². The summed E-state index contributed by atoms with van der Waals surface area (Å²) >= 11 is 0. The number of methoxy groups -OCH3 is 1. The van der Waals surface area contributed by atoms with E-state index in [2.05, 4.69) is 0 Å². The number of halogens is 2. The van der Waals surface area contributed by atoms with Gasteiger partial charge in [0, 0.05) is 0 Å². The van der Waals surface area contributed by atoms with E-state index in [0.29, 0.717) is 5.75 Å². The van der Waals surface area contributed by atoms with E-state index in [0.717, 1.165) is 10.8 Å². The van der Waals surface area contributed by atoms with Crippen LogP contribution in [0.1, 0.15) is 11.6 Å². The Hall–Kier alpha value is -1.72. The van der Waals surface area contributed by atoms with Gasteiger partial charge in [0.25, 0.3) is 5.92 Å². The molecule has 0 saturated heterocycles. The first-order valence-corrected chi connectivity index (χ1v) is 5.80. The molecular formula is C14H15F2NO2. The number of hydrogen-bond donors (Lipinski definition) is 2. The van der Waals surface area contributed by atoms with Crippen LogP contribution in [0.4, 0.5) is 8.78 Å². The molecule has 0 heterocycles. The Morgan fingerprint density at radius 3 is 2.47 bits per heavy atom. The smallest absolute Gasteiger partial charge is 0.289 e. The quantitative estimate of drug-likeness (QED) is 0.894. The molecule has 0 aromatic heterocycles. The number of ether oxygens (including phenoxy) is 1. The van der Waals surface area contributed by atoms with E-state index in [1.807, 2.05) is 6.07 Å². The second kappa shape index (κ2) is 5.11. The average Bonchev–Trinajstić information content (AvgIpc) is 2.45. The van der Waals surface area contributed by atoms with Crippen molar-refractivity contribution in [1.82, 2.24) is 0 Å². The summed E-state index contributed by atoms with van der Waals surface area (Å²) in [5, 5.41) is 10.3. The largest absolute Gasteiger partial charge is 0.497 e. The fourth-order valence-corrected chi connectivity index (χ4v) is 1.90. The van der Waals surface area contributed by atoms with E-state index in [1.54, 1.807) is 31.4 Å². The zero-order valence-corrected chi connectivity index (χ0v) is 10.4. The summed E-state index contributed by atoms with van der Waals surface area (Å²) in [6, 6.07) is 8.67. The molecule has 0 saturated carbocycles. The van der Waals surface area contributed by atoms with Gasteiger partial charge in [-0.05, 0) is 34.5 Å². The fourth-order valence-electron chi connectivity index (χ4n) is 1.90. The Balaban J connectivity index is 2.42. The minimum Gasteiger partial charge on any atom is -0.497 e. The highest BCUT2D eigenvalue weighted by Crippen LogP contribution is 2.31. The molecule has 3 nitrogen and oxygen atoms in total. The molecule has 1 atom stereocenters. The van der Waals surface area contributed by atoms with Crippen molar-refractivity contribution >= 4 is 10.8 Å². The summed E-state index contributed by atoms with van der Waals surface area (Å²) in [5.74, 6) is -2.63. The van der Waals surface area contributed by atoms with Crippen LogP contribution in [0.25, 0.3) is 10.8 Å². The van der Waals surface area contributed by atoms with E-state index in [4.69, 9.17) is 15.6 Å². The summed E-state index contributed by atoms with van der Waals surface area (Å²) < 4.78 is 31.8. The molecule has 5 heteroatoms. The SMILES string of the molecule is COc1ccc2cc([C@H](N)C(F)(F)CO)ccc2c1. The molecule has 0 radical (unpaired) electrons. The van der Waals surface area contributed by atoms with E-state index in [-0.39, 0.29) is 5.56 Å². The van der Waals surface area contributed by atoms with Crippen molar-refractivity contribution in [3.63, 3.8) is 0 Å². The molecule has 0 aliphatic rings. The number of alkyl halides is 2. The maximum atomic E-state index is 13.4. The number of fused-ring (bicyclic) bond motifs is 1. The molecule has 0 bridgehead atoms. The van der Waals surface area contributed by atoms with Crippen molar-refractivity contribution in [1.29, 1.82) is 0 Å². The van der Waals surface area contributed by atoms with Crippen LogP contribution in [0, 0.1) is 0 Å². The molecule has 0 fully saturated rings. The Morgan fingerprint density at radius 1 is 1.21 bits per heavy atom. The summed E-state index contributed by atoms with van der Waals surface area (Å²) in [7, 11) is 1.56. The minimum atomic E-state index is -3.33. The van der Waals surface area contributed by atoms with Crippen LogP contribution in [-0.4, -0.2) is 24.7 Å². The zero-order valence-electron chi connectivity index (χ0n) is 10.4. The zero-order chi connectivity index (χ0) is 14.0. The van der Waals surface area contributed by atoms with Crippen molar-refractivity contribution in [2.24, 2.45) is 5.73 Å². The standard InChI is InChI=1S/C14H15F2NO2/c1-19-12-5-4-9-6-11(3-2-10(9)7-12)13(17)14(15,16)8-18/h2-7,13,18H,8,17H2,1H3/t13-/m0/s1. The van der Waals surface area contributed by atoms with Gasteiger partial charge in [-0.25, -0.2) is 8.78 Å². The van der Waals surface area contributed by atoms with Crippen LogP contribution < -0.4 is 10.5 Å². The van der Waals surface area contributed by atoms with Gasteiger partial charge < -0.3 is 15.6 Å². The van der Waals surface area contributed by atoms with Crippen LogP contribution in [0.3, 0.4) is 0 Å². The summed E-state index contributed by atoms with van der Waals surface area (Å²) in [5.41, 5.74) is 5.78. The monoisotopic (exact) mass is 267 g/mol. The lowest BCUT2D eigenvalue weighted by atomic mass is 9.98. The van der Waals surface area contributed by atoms with Gasteiger partial charge in [0.2, 0.25) is 0 Å². The summed E-state index contributed by atoms with van der Waals surface area (Å²) in [6.45, 7) is -1.27. The molecule has 102 valence electrons. The van der Waals surface area contributed by atoms with Crippen LogP contribution in [0.2, 0.25) is 0 Å². The third-order valence-corrected chi connectivity index (χ3v) is 3.10. The molecule has 0 aliphatic carbocycles. The summed E-state index contributed by atoms with van der Waals surface area (Å²) in [6.07, 6.45) is 0. The van der Waals surface area contributed by atoms with Gasteiger partial charge in [-0.1, -0.05) is 18.2 Å². The lowest BCUT2D eigenvalue weighted by Crippen LogP contribution is -2.36. The van der Waals surface area contributed by atoms with Crippen molar-refractivity contribution in [3.8, 4) is 5.75 Å². The van der Waals surface area contributed by atoms with Crippen LogP contribution in [0.5, 0.6) is 5.75 Å². The predicted molar refractivity (Wildman–Crippen MR) is 69.5 cm³/mol. The Morgan fingerprint density at radius 2 is 1.84 bits per heavy atom. The van der Waals surface area contributed by atoms with Gasteiger partial charge in [0.1, 0.15) is 12.4 Å². The Kier molecular flexibility index (Phi) is 3.68. The lowest BCUT2D eigenvalue weighted by Gasteiger charge is -2.22. The van der Waals surface area contributed by atoms with Crippen molar-refractivity contribution < 1.29 is 18.6 Å². The first kappa shape index (κ1) is 13.7. The highest BCUT2D eigenvalue weighted by atomic mass is 19.3. The van der Waals surface area contributed by atoms with Gasteiger partial charge in [-0.3, -0.25) is 0 Å². The molecule has 0 spiro atoms. The van der Waals surface area contributed by atoms with Crippen molar-refractivity contribution in [2.75, 3.05) is 13.7 Å². The normalized spacial score (nSPS) is 13.5. The van der Waals surface area contributed by atoms with Gasteiger partial charge >= 0.3 is 0 Å². The van der Waals surface area contributed by atoms with E-state index in [1.165, 1.54) is 6.07 Å². The minimum absolute atomic E-state index is 0.289. The van der Waals surface area contributed by atoms with Gasteiger partial charge in [0.15, 0.2) is 0 Å². The number of aliphatic hydroxyl groups is 1. The Bertz CT molecular complexity index is 587. The second-order valence-corrected chi connectivity index (χ2v) is 4.37. The highest BCUT2D eigenvalue weighted by Gasteiger charge is 2.37.